The number of rotatable bonds is 4. The van der Waals surface area contributed by atoms with Crippen molar-refractivity contribution < 1.29 is 25.7 Å². The van der Waals surface area contributed by atoms with Crippen LogP contribution < -0.4 is 35.7 Å². The minimum absolute atomic E-state index is 0.250. The van der Waals surface area contributed by atoms with Crippen molar-refractivity contribution in [3.8, 4) is 0 Å². The maximum atomic E-state index is 14.3. The first-order chi connectivity index (χ1) is 14.6. The Kier molecular flexibility index (Phi) is 4.68. The van der Waals surface area contributed by atoms with E-state index in [1.165, 1.54) is 18.5 Å². The van der Waals surface area contributed by atoms with Crippen molar-refractivity contribution in [2.24, 2.45) is 7.05 Å². The number of aromatic nitrogens is 5. The van der Waals surface area contributed by atoms with Crippen LogP contribution in [0.2, 0.25) is 0 Å². The van der Waals surface area contributed by atoms with Crippen molar-refractivity contribution in [2.75, 3.05) is 8.85 Å². The van der Waals surface area contributed by atoms with Crippen LogP contribution >= 0.6 is 0 Å². The Morgan fingerprint density at radius 1 is 1.27 bits per heavy atom. The predicted octanol–water partition coefficient (Wildman–Crippen LogP) is -1.01. The van der Waals surface area contributed by atoms with Gasteiger partial charge >= 0.3 is 182 Å². The Morgan fingerprint density at radius 2 is 2.07 bits per heavy atom. The minimum atomic E-state index is -0.578. The van der Waals surface area contributed by atoms with Crippen molar-refractivity contribution >= 4 is 27.8 Å². The number of nitrogens with zero attached hydrogens (tertiary/aromatic N) is 4. The summed E-state index contributed by atoms with van der Waals surface area (Å²) in [6.07, 6.45) is 1.48. The van der Waals surface area contributed by atoms with Gasteiger partial charge in [-0.3, -0.25) is 0 Å². The van der Waals surface area contributed by atoms with Crippen molar-refractivity contribution in [1.82, 2.24) is 25.0 Å². The Balaban J connectivity index is 1.74. The number of benzene rings is 2. The first kappa shape index (κ1) is 19.0. The summed E-state index contributed by atoms with van der Waals surface area (Å²) in [5.74, 6) is -0.163. The van der Waals surface area contributed by atoms with Gasteiger partial charge in [0.25, 0.3) is 0 Å². The summed E-state index contributed by atoms with van der Waals surface area (Å²) < 4.78 is 19.1. The van der Waals surface area contributed by atoms with E-state index in [1.54, 1.807) is 11.7 Å². The molecule has 0 saturated heterocycles. The van der Waals surface area contributed by atoms with Crippen LogP contribution in [-0.4, -0.2) is 30.7 Å². The van der Waals surface area contributed by atoms with Gasteiger partial charge in [-0.25, -0.2) is 0 Å². The number of aromatic amines is 1. The Labute approximate surface area is 182 Å². The average molecular weight is 514 g/mol. The van der Waals surface area contributed by atoms with E-state index in [9.17, 15) is 9.18 Å². The normalized spacial score (nSPS) is 17.8. The molecule has 0 unspecified atom stereocenters. The van der Waals surface area contributed by atoms with E-state index in [-0.39, 0.29) is 17.3 Å². The fourth-order valence-corrected chi connectivity index (χ4v) is 4.71. The summed E-state index contributed by atoms with van der Waals surface area (Å²) in [6.45, 7) is 0. The van der Waals surface area contributed by atoms with Gasteiger partial charge < -0.3 is 0 Å². The number of H-pyrrole nitrogens is 1. The molecular weight excluding hydrogens is 499 g/mol. The fourth-order valence-electron chi connectivity index (χ4n) is 3.99. The molecule has 0 fully saturated rings. The fraction of sp³-hybridized carbons (Fsp3) is 0.158. The molecule has 0 spiro atoms. The van der Waals surface area contributed by atoms with Crippen LogP contribution in [0.5, 0.6) is 0 Å². The number of nitrogens with one attached hydrogen (secondary N) is 3. The topological polar surface area (TPSA) is 101 Å². The third-order valence-corrected chi connectivity index (χ3v) is 6.21. The van der Waals surface area contributed by atoms with Gasteiger partial charge in [-0.2, -0.15) is 0 Å². The molecule has 0 saturated carbocycles. The molecule has 5 rings (SSSR count). The van der Waals surface area contributed by atoms with E-state index in [2.05, 4.69) is 29.1 Å². The third-order valence-electron chi connectivity index (χ3n) is 5.28. The molecule has 0 aliphatic carbocycles. The van der Waals surface area contributed by atoms with Crippen LogP contribution in [0.4, 0.5) is 15.8 Å². The van der Waals surface area contributed by atoms with Crippen LogP contribution in [0.1, 0.15) is 29.0 Å². The van der Waals surface area contributed by atoms with Crippen molar-refractivity contribution in [1.29, 1.82) is 0 Å². The van der Waals surface area contributed by atoms with E-state index < -0.39 is 32.6 Å². The summed E-state index contributed by atoms with van der Waals surface area (Å²) in [6, 6.07) is 10.2. The molecule has 3 heterocycles. The van der Waals surface area contributed by atoms with Crippen molar-refractivity contribution in [3.05, 3.63) is 76.0 Å². The molecule has 2 aromatic heterocycles. The third kappa shape index (κ3) is 3.04. The zero-order valence-corrected chi connectivity index (χ0v) is 17.9. The molecule has 11 heteroatoms. The standard InChI is InChI=1S/C19H15BFIN7O/c1-29-18(23-8-24-29)15-16(9-2-4-11(5-3-9)26-22-20)25-13-7-10(21)6-12-14(13)17(15)27-28-19(12)30/h2-8,15-16,25-26H,1H3,(H,28,30)/q-1/t15-,16-/m1/s1. The van der Waals surface area contributed by atoms with Crippen molar-refractivity contribution in [3.63, 3.8) is 0 Å². The van der Waals surface area contributed by atoms with Gasteiger partial charge in [0, 0.05) is 0 Å². The molecule has 1 aliphatic rings. The Hall–Kier alpha value is -2.96. The summed E-state index contributed by atoms with van der Waals surface area (Å²) in [5.41, 5.74) is 8.27. The SMILES string of the molecule is [B][I-]Nc1ccc([C@H]2Nc3cc(F)cc4c(=O)[nH]nc(c34)[C@@H]2c2ncnn2C)cc1. The first-order valence-electron chi connectivity index (χ1n) is 9.07. The second-order valence-electron chi connectivity index (χ2n) is 6.98. The molecule has 0 bridgehead atoms. The van der Waals surface area contributed by atoms with Gasteiger partial charge in [-0.1, -0.05) is 0 Å². The molecule has 2 atom stereocenters. The summed E-state index contributed by atoms with van der Waals surface area (Å²) >= 11 is -0.578. The summed E-state index contributed by atoms with van der Waals surface area (Å²) in [7, 11) is 1.81. The molecule has 8 nitrogen and oxygen atoms in total. The molecule has 2 radical (unpaired) electrons. The summed E-state index contributed by atoms with van der Waals surface area (Å²) in [5, 5.41) is 15.3. The van der Waals surface area contributed by atoms with Gasteiger partial charge in [0.1, 0.15) is 0 Å². The average Bonchev–Trinajstić information content (AvgIpc) is 3.16. The number of hydrogen-bond acceptors (Lipinski definition) is 6. The van der Waals surface area contributed by atoms with Gasteiger partial charge in [-0.05, 0) is 0 Å². The van der Waals surface area contributed by atoms with E-state index in [4.69, 9.17) is 5.70 Å². The maximum absolute atomic E-state index is 14.3. The van der Waals surface area contributed by atoms with Crippen LogP contribution in [0, 0.1) is 5.82 Å². The van der Waals surface area contributed by atoms with Crippen LogP contribution in [0.15, 0.2) is 47.5 Å². The molecule has 4 aromatic rings. The number of halogens is 2. The van der Waals surface area contributed by atoms with E-state index >= 15 is 0 Å². The molecule has 2 aromatic carbocycles. The van der Waals surface area contributed by atoms with Gasteiger partial charge in [0.15, 0.2) is 0 Å². The molecule has 0 amide bonds. The quantitative estimate of drug-likeness (QED) is 0.184. The van der Waals surface area contributed by atoms with Gasteiger partial charge in [-0.15, -0.1) is 0 Å². The van der Waals surface area contributed by atoms with Crippen molar-refractivity contribution in [2.45, 2.75) is 12.0 Å². The van der Waals surface area contributed by atoms with Crippen LogP contribution in [-0.2, 0) is 7.05 Å². The van der Waals surface area contributed by atoms with Gasteiger partial charge in [0.2, 0.25) is 0 Å². The summed E-state index contributed by atoms with van der Waals surface area (Å²) in [4.78, 5) is 16.8. The molecular formula is C19H15BFIN7O-. The zero-order chi connectivity index (χ0) is 20.8. The monoisotopic (exact) mass is 514 g/mol. The van der Waals surface area contributed by atoms with Crippen LogP contribution in [0.25, 0.3) is 10.8 Å². The predicted molar refractivity (Wildman–Crippen MR) is 107 cm³/mol. The molecule has 150 valence electrons. The second-order valence-corrected chi connectivity index (χ2v) is 8.14. The molecule has 30 heavy (non-hydrogen) atoms. The first-order valence-corrected chi connectivity index (χ1v) is 11.4. The number of hydrogen-bond donors (Lipinski definition) is 3. The van der Waals surface area contributed by atoms with Gasteiger partial charge in [0.05, 0.1) is 0 Å². The van der Waals surface area contributed by atoms with E-state index in [1.807, 2.05) is 24.3 Å². The molecule has 3 N–H and O–H groups in total. The number of anilines is 2. The molecule has 1 aliphatic heterocycles. The van der Waals surface area contributed by atoms with E-state index in [0.29, 0.717) is 22.6 Å². The Morgan fingerprint density at radius 3 is 2.77 bits per heavy atom. The number of aryl methyl sites for hydroxylation is 1. The Bertz CT molecular complexity index is 1310. The second kappa shape index (κ2) is 7.38. The zero-order valence-electron chi connectivity index (χ0n) is 15.7. The van der Waals surface area contributed by atoms with E-state index in [0.717, 1.165) is 11.3 Å². The van der Waals surface area contributed by atoms with Crippen LogP contribution in [0.3, 0.4) is 0 Å².